The summed E-state index contributed by atoms with van der Waals surface area (Å²) in [5, 5.41) is 3.39. The van der Waals surface area contributed by atoms with Crippen LogP contribution in [0.4, 0.5) is 0 Å². The fourth-order valence-corrected chi connectivity index (χ4v) is 4.31. The molecule has 0 saturated carbocycles. The monoisotopic (exact) mass is 388 g/mol. The number of rotatable bonds is 5. The summed E-state index contributed by atoms with van der Waals surface area (Å²) in [5.74, 6) is 1.17. The van der Waals surface area contributed by atoms with Crippen LogP contribution in [0.2, 0.25) is 0 Å². The first-order valence-electron chi connectivity index (χ1n) is 9.46. The zero-order chi connectivity index (χ0) is 19.4. The molecular weight excluding hydrogens is 360 g/mol. The minimum absolute atomic E-state index is 0.151. The van der Waals surface area contributed by atoms with Crippen LogP contribution in [0.1, 0.15) is 25.5 Å². The van der Waals surface area contributed by atoms with Gasteiger partial charge in [0, 0.05) is 31.2 Å². The number of likely N-dealkylation sites (N-methyl/N-ethyl adjacent to an activating group) is 1. The maximum absolute atomic E-state index is 11.8. The summed E-state index contributed by atoms with van der Waals surface area (Å²) in [6, 6.07) is 13.9. The highest BCUT2D eigenvalue weighted by molar-refractivity contribution is 7.91. The Kier molecular flexibility index (Phi) is 6.19. The number of methoxy groups -OCH3 is 1. The molecule has 1 atom stereocenters. The number of nitrogens with zero attached hydrogens (tertiary/aromatic N) is 1. The van der Waals surface area contributed by atoms with E-state index in [0.29, 0.717) is 10.9 Å². The van der Waals surface area contributed by atoms with Gasteiger partial charge in [-0.15, -0.1) is 0 Å². The molecule has 146 valence electrons. The molecule has 1 aromatic carbocycles. The topological polar surface area (TPSA) is 58.6 Å². The van der Waals surface area contributed by atoms with Crippen LogP contribution in [0.5, 0.6) is 5.75 Å². The van der Waals surface area contributed by atoms with Crippen LogP contribution in [0.25, 0.3) is 11.1 Å². The predicted octanol–water partition coefficient (Wildman–Crippen LogP) is 3.12. The van der Waals surface area contributed by atoms with Gasteiger partial charge in [0.15, 0.2) is 9.84 Å². The molecule has 0 aromatic heterocycles. The normalized spacial score (nSPS) is 18.4. The molecule has 1 fully saturated rings. The third-order valence-corrected chi connectivity index (χ3v) is 6.94. The SMILES string of the molecule is CCN1CCNCC1c1ccc(S(=O)(=O)CC)cc1.COc1ccc2cc1-2. The van der Waals surface area contributed by atoms with Crippen LogP contribution < -0.4 is 10.1 Å². The molecule has 1 aliphatic heterocycles. The molecule has 1 saturated heterocycles. The fraction of sp³-hybridized carbons (Fsp3) is 0.429. The lowest BCUT2D eigenvalue weighted by Crippen LogP contribution is -2.45. The Balaban J connectivity index is 0.000000216. The van der Waals surface area contributed by atoms with Gasteiger partial charge in [0.2, 0.25) is 0 Å². The third-order valence-electron chi connectivity index (χ3n) is 5.19. The zero-order valence-corrected chi connectivity index (χ0v) is 17.1. The smallest absolute Gasteiger partial charge is 0.178 e. The molecule has 2 aliphatic carbocycles. The van der Waals surface area contributed by atoms with Crippen LogP contribution in [0.15, 0.2) is 47.4 Å². The Labute approximate surface area is 162 Å². The fourth-order valence-electron chi connectivity index (χ4n) is 3.42. The Morgan fingerprint density at radius 1 is 1.15 bits per heavy atom. The first-order chi connectivity index (χ1) is 13.0. The summed E-state index contributed by atoms with van der Waals surface area (Å²) in [4.78, 5) is 2.84. The van der Waals surface area contributed by atoms with Gasteiger partial charge in [-0.25, -0.2) is 8.42 Å². The summed E-state index contributed by atoms with van der Waals surface area (Å²) >= 11 is 0. The van der Waals surface area contributed by atoms with Crippen LogP contribution in [-0.2, 0) is 9.84 Å². The van der Waals surface area contributed by atoms with E-state index in [2.05, 4.69) is 29.3 Å². The van der Waals surface area contributed by atoms with Crippen molar-refractivity contribution in [3.05, 3.63) is 48.0 Å². The number of ether oxygens (including phenoxy) is 1. The highest BCUT2D eigenvalue weighted by atomic mass is 32.2. The minimum atomic E-state index is -3.09. The van der Waals surface area contributed by atoms with Crippen LogP contribution >= 0.6 is 0 Å². The maximum atomic E-state index is 11.8. The average molecular weight is 389 g/mol. The van der Waals surface area contributed by atoms with Crippen LogP contribution in [-0.4, -0.2) is 52.4 Å². The third kappa shape index (κ3) is 4.51. The molecule has 1 heterocycles. The number of piperazine rings is 1. The van der Waals surface area contributed by atoms with Gasteiger partial charge in [-0.2, -0.15) is 0 Å². The molecule has 0 amide bonds. The minimum Gasteiger partial charge on any atom is -0.496 e. The lowest BCUT2D eigenvalue weighted by molar-refractivity contribution is 0.171. The Morgan fingerprint density at radius 2 is 1.89 bits per heavy atom. The second-order valence-corrected chi connectivity index (χ2v) is 9.01. The van der Waals surface area contributed by atoms with E-state index in [1.165, 1.54) is 16.7 Å². The lowest BCUT2D eigenvalue weighted by atomic mass is 10.0. The van der Waals surface area contributed by atoms with Crippen molar-refractivity contribution in [3.8, 4) is 16.9 Å². The van der Waals surface area contributed by atoms with Gasteiger partial charge in [0.1, 0.15) is 5.75 Å². The van der Waals surface area contributed by atoms with E-state index in [0.717, 1.165) is 31.9 Å². The number of fused-ring (bicyclic) bond motifs is 1. The average Bonchev–Trinajstić information content (AvgIpc) is 3.39. The van der Waals surface area contributed by atoms with Gasteiger partial charge in [-0.3, -0.25) is 4.90 Å². The van der Waals surface area contributed by atoms with Crippen LogP contribution in [0, 0.1) is 0 Å². The van der Waals surface area contributed by atoms with E-state index < -0.39 is 9.84 Å². The summed E-state index contributed by atoms with van der Waals surface area (Å²) in [7, 11) is -1.40. The van der Waals surface area contributed by atoms with Crippen LogP contribution in [0.3, 0.4) is 0 Å². The van der Waals surface area contributed by atoms with E-state index in [4.69, 9.17) is 4.74 Å². The van der Waals surface area contributed by atoms with Gasteiger partial charge in [-0.05, 0) is 41.9 Å². The first kappa shape index (κ1) is 19.9. The maximum Gasteiger partial charge on any atom is 0.178 e. The van der Waals surface area contributed by atoms with E-state index in [1.807, 2.05) is 18.2 Å². The Bertz CT molecular complexity index is 879. The van der Waals surface area contributed by atoms with Gasteiger partial charge in [0.25, 0.3) is 0 Å². The Morgan fingerprint density at radius 3 is 2.37 bits per heavy atom. The van der Waals surface area contributed by atoms with Crippen molar-refractivity contribution < 1.29 is 13.2 Å². The van der Waals surface area contributed by atoms with Crippen molar-refractivity contribution in [3.63, 3.8) is 0 Å². The standard InChI is InChI=1S/C14H22N2O2S.C7H6O/c1-3-16-10-9-15-11-14(16)12-5-7-13(8-6-12)19(17,18)4-2;1-8-7-3-2-5-4-6(5)7/h5-8,14-15H,3-4,9-11H2,1-2H3;2-4H,1H3. The number of benzene rings is 2. The highest BCUT2D eigenvalue weighted by Gasteiger charge is 2.22. The van der Waals surface area contributed by atoms with Gasteiger partial charge in [-0.1, -0.05) is 32.0 Å². The number of hydrogen-bond acceptors (Lipinski definition) is 5. The van der Waals surface area contributed by atoms with Gasteiger partial charge < -0.3 is 10.1 Å². The van der Waals surface area contributed by atoms with Crippen molar-refractivity contribution in [1.82, 2.24) is 10.2 Å². The summed E-state index contributed by atoms with van der Waals surface area (Å²) < 4.78 is 28.6. The summed E-state index contributed by atoms with van der Waals surface area (Å²) in [6.45, 7) is 7.83. The molecule has 0 spiro atoms. The number of sulfone groups is 1. The van der Waals surface area contributed by atoms with Crippen molar-refractivity contribution in [2.24, 2.45) is 0 Å². The molecule has 5 nitrogen and oxygen atoms in total. The van der Waals surface area contributed by atoms with Gasteiger partial charge in [0.05, 0.1) is 17.8 Å². The molecule has 1 unspecified atom stereocenters. The summed E-state index contributed by atoms with van der Waals surface area (Å²) in [6.07, 6.45) is 0. The largest absolute Gasteiger partial charge is 0.496 e. The lowest BCUT2D eigenvalue weighted by Gasteiger charge is -2.35. The van der Waals surface area contributed by atoms with Crippen molar-refractivity contribution in [2.75, 3.05) is 39.0 Å². The first-order valence-corrected chi connectivity index (χ1v) is 11.1. The second kappa shape index (κ2) is 8.42. The number of nitrogens with one attached hydrogen (secondary N) is 1. The van der Waals surface area contributed by atoms with E-state index in [-0.39, 0.29) is 5.75 Å². The van der Waals surface area contributed by atoms with E-state index >= 15 is 0 Å². The second-order valence-electron chi connectivity index (χ2n) is 6.74. The predicted molar refractivity (Wildman–Crippen MR) is 109 cm³/mol. The number of hydrogen-bond donors (Lipinski definition) is 1. The molecule has 27 heavy (non-hydrogen) atoms. The van der Waals surface area contributed by atoms with Crippen molar-refractivity contribution in [1.29, 1.82) is 0 Å². The molecule has 1 N–H and O–H groups in total. The molecule has 0 bridgehead atoms. The molecule has 3 aliphatic rings. The summed E-state index contributed by atoms with van der Waals surface area (Å²) in [5.41, 5.74) is 3.80. The molecule has 6 heteroatoms. The van der Waals surface area contributed by atoms with Crippen molar-refractivity contribution in [2.45, 2.75) is 24.8 Å². The zero-order valence-electron chi connectivity index (χ0n) is 16.2. The quantitative estimate of drug-likeness (QED) is 0.728. The molecular formula is C21H28N2O3S. The Hall–Kier alpha value is -1.89. The molecule has 0 radical (unpaired) electrons. The highest BCUT2D eigenvalue weighted by Crippen LogP contribution is 2.43. The molecule has 4 rings (SSSR count). The molecule has 1 aromatic rings. The van der Waals surface area contributed by atoms with E-state index in [9.17, 15) is 8.42 Å². The van der Waals surface area contributed by atoms with Gasteiger partial charge >= 0.3 is 0 Å². The van der Waals surface area contributed by atoms with Crippen molar-refractivity contribution >= 4 is 9.84 Å². The van der Waals surface area contributed by atoms with E-state index in [1.54, 1.807) is 26.2 Å².